The summed E-state index contributed by atoms with van der Waals surface area (Å²) < 4.78 is 0. The molecule has 2 heterocycles. The van der Waals surface area contributed by atoms with E-state index < -0.39 is 0 Å². The summed E-state index contributed by atoms with van der Waals surface area (Å²) in [6, 6.07) is 4.93. The molecule has 3 nitrogen and oxygen atoms in total. The predicted molar refractivity (Wildman–Crippen MR) is 87.2 cm³/mol. The van der Waals surface area contributed by atoms with E-state index in [9.17, 15) is 0 Å². The van der Waals surface area contributed by atoms with Gasteiger partial charge < -0.3 is 5.32 Å². The lowest BCUT2D eigenvalue weighted by molar-refractivity contribution is 0.0546. The Kier molecular flexibility index (Phi) is 4.32. The van der Waals surface area contributed by atoms with Gasteiger partial charge in [-0.15, -0.1) is 0 Å². The van der Waals surface area contributed by atoms with Gasteiger partial charge in [0.2, 0.25) is 0 Å². The van der Waals surface area contributed by atoms with Crippen LogP contribution in [0.5, 0.6) is 0 Å². The number of aryl methyl sites for hydroxylation is 1. The van der Waals surface area contributed by atoms with Crippen molar-refractivity contribution in [2.45, 2.75) is 64.6 Å². The minimum atomic E-state index is 0.300. The maximum absolute atomic E-state index is 4.62. The van der Waals surface area contributed by atoms with Crippen LogP contribution in [0.4, 0.5) is 0 Å². The van der Waals surface area contributed by atoms with Crippen molar-refractivity contribution < 1.29 is 0 Å². The van der Waals surface area contributed by atoms with Gasteiger partial charge in [-0.1, -0.05) is 19.9 Å². The normalized spacial score (nSPS) is 26.0. The Labute approximate surface area is 129 Å². The molecule has 3 heteroatoms. The summed E-state index contributed by atoms with van der Waals surface area (Å²) in [6.07, 6.45) is 7.17. The molecule has 1 saturated carbocycles. The molecule has 0 aromatic carbocycles. The largest absolute Gasteiger partial charge is 0.308 e. The van der Waals surface area contributed by atoms with Crippen molar-refractivity contribution in [2.24, 2.45) is 5.92 Å². The summed E-state index contributed by atoms with van der Waals surface area (Å²) in [7, 11) is 0. The molecule has 3 rings (SSSR count). The van der Waals surface area contributed by atoms with Gasteiger partial charge >= 0.3 is 0 Å². The van der Waals surface area contributed by atoms with Gasteiger partial charge in [0.15, 0.2) is 0 Å². The van der Waals surface area contributed by atoms with Crippen LogP contribution in [0.2, 0.25) is 0 Å². The molecule has 1 aromatic rings. The van der Waals surface area contributed by atoms with Crippen molar-refractivity contribution in [3.63, 3.8) is 0 Å². The van der Waals surface area contributed by atoms with Gasteiger partial charge in [0, 0.05) is 37.4 Å². The fourth-order valence-corrected chi connectivity index (χ4v) is 3.73. The third-order valence-corrected chi connectivity index (χ3v) is 5.65. The minimum absolute atomic E-state index is 0.300. The van der Waals surface area contributed by atoms with Crippen LogP contribution < -0.4 is 5.32 Å². The van der Waals surface area contributed by atoms with E-state index in [0.717, 1.165) is 25.6 Å². The highest BCUT2D eigenvalue weighted by atomic mass is 15.3. The number of nitrogens with zero attached hydrogens (tertiary/aromatic N) is 2. The van der Waals surface area contributed by atoms with Gasteiger partial charge in [0.1, 0.15) is 0 Å². The molecule has 0 spiro atoms. The average molecular weight is 287 g/mol. The molecule has 1 saturated heterocycles. The number of nitrogens with one attached hydrogen (secondary N) is 1. The first kappa shape index (κ1) is 15.0. The number of hydrogen-bond acceptors (Lipinski definition) is 3. The second-order valence-corrected chi connectivity index (χ2v) is 6.95. The fraction of sp³-hybridized carbons (Fsp3) is 0.722. The van der Waals surface area contributed by atoms with Crippen LogP contribution in [0.3, 0.4) is 0 Å². The lowest BCUT2D eigenvalue weighted by Crippen LogP contribution is -2.64. The van der Waals surface area contributed by atoms with Gasteiger partial charge in [0.05, 0.1) is 5.69 Å². The highest BCUT2D eigenvalue weighted by molar-refractivity contribution is 5.18. The molecular formula is C18H29N3. The van der Waals surface area contributed by atoms with Crippen molar-refractivity contribution in [1.29, 1.82) is 0 Å². The maximum Gasteiger partial charge on any atom is 0.0573 e. The van der Waals surface area contributed by atoms with E-state index in [2.05, 4.69) is 42.0 Å². The first-order valence-corrected chi connectivity index (χ1v) is 8.57. The SMILES string of the molecule is CCC1(CC)CN(Cc2ncccc2C)C(C2CC2)CN1. The minimum Gasteiger partial charge on any atom is -0.308 e. The number of aromatic nitrogens is 1. The van der Waals surface area contributed by atoms with Gasteiger partial charge in [-0.3, -0.25) is 9.88 Å². The van der Waals surface area contributed by atoms with Crippen molar-refractivity contribution in [2.75, 3.05) is 13.1 Å². The van der Waals surface area contributed by atoms with E-state index in [0.29, 0.717) is 11.6 Å². The summed E-state index contributed by atoms with van der Waals surface area (Å²) in [5.74, 6) is 0.910. The van der Waals surface area contributed by atoms with E-state index >= 15 is 0 Å². The zero-order valence-corrected chi connectivity index (χ0v) is 13.7. The topological polar surface area (TPSA) is 28.2 Å². The van der Waals surface area contributed by atoms with E-state index in [1.807, 2.05) is 12.3 Å². The zero-order valence-electron chi connectivity index (χ0n) is 13.7. The first-order valence-electron chi connectivity index (χ1n) is 8.57. The Balaban J connectivity index is 1.79. The van der Waals surface area contributed by atoms with Crippen molar-refractivity contribution in [3.05, 3.63) is 29.6 Å². The van der Waals surface area contributed by atoms with E-state index in [4.69, 9.17) is 0 Å². The molecule has 1 aliphatic carbocycles. The lowest BCUT2D eigenvalue weighted by Gasteiger charge is -2.48. The van der Waals surface area contributed by atoms with Gasteiger partial charge in [0.25, 0.3) is 0 Å². The number of rotatable bonds is 5. The fourth-order valence-electron chi connectivity index (χ4n) is 3.73. The number of pyridine rings is 1. The third kappa shape index (κ3) is 3.14. The van der Waals surface area contributed by atoms with Crippen molar-refractivity contribution in [1.82, 2.24) is 15.2 Å². The smallest absolute Gasteiger partial charge is 0.0573 e. The average Bonchev–Trinajstić information content (AvgIpc) is 3.34. The van der Waals surface area contributed by atoms with E-state index in [-0.39, 0.29) is 0 Å². The van der Waals surface area contributed by atoms with Crippen LogP contribution in [-0.2, 0) is 6.54 Å². The van der Waals surface area contributed by atoms with Crippen molar-refractivity contribution >= 4 is 0 Å². The highest BCUT2D eigenvalue weighted by Gasteiger charge is 2.43. The molecule has 1 aliphatic heterocycles. The molecule has 21 heavy (non-hydrogen) atoms. The van der Waals surface area contributed by atoms with E-state index in [1.165, 1.54) is 36.9 Å². The summed E-state index contributed by atoms with van der Waals surface area (Å²) in [4.78, 5) is 7.34. The molecule has 2 fully saturated rings. The van der Waals surface area contributed by atoms with Crippen LogP contribution in [-0.4, -0.2) is 34.6 Å². The quantitative estimate of drug-likeness (QED) is 0.902. The van der Waals surface area contributed by atoms with Crippen LogP contribution in [0.1, 0.15) is 50.8 Å². The molecule has 1 unspecified atom stereocenters. The summed E-state index contributed by atoms with van der Waals surface area (Å²) >= 11 is 0. The number of hydrogen-bond donors (Lipinski definition) is 1. The predicted octanol–water partition coefficient (Wildman–Crippen LogP) is 3.13. The summed E-state index contributed by atoms with van der Waals surface area (Å²) in [5.41, 5.74) is 2.88. The Morgan fingerprint density at radius 1 is 1.33 bits per heavy atom. The Bertz CT molecular complexity index is 477. The lowest BCUT2D eigenvalue weighted by atomic mass is 9.87. The van der Waals surface area contributed by atoms with E-state index in [1.54, 1.807) is 0 Å². The molecule has 116 valence electrons. The van der Waals surface area contributed by atoms with Crippen molar-refractivity contribution in [3.8, 4) is 0 Å². The maximum atomic E-state index is 4.62. The van der Waals surface area contributed by atoms with Gasteiger partial charge in [-0.2, -0.15) is 0 Å². The number of piperazine rings is 1. The second kappa shape index (κ2) is 6.05. The molecular weight excluding hydrogens is 258 g/mol. The summed E-state index contributed by atoms with van der Waals surface area (Å²) in [5, 5.41) is 3.87. The monoisotopic (exact) mass is 287 g/mol. The zero-order chi connectivity index (χ0) is 14.9. The molecule has 1 N–H and O–H groups in total. The van der Waals surface area contributed by atoms with Crippen LogP contribution in [0.25, 0.3) is 0 Å². The molecule has 0 amide bonds. The molecule has 0 radical (unpaired) electrons. The Hall–Kier alpha value is -0.930. The Morgan fingerprint density at radius 2 is 2.10 bits per heavy atom. The first-order chi connectivity index (χ1) is 10.2. The molecule has 0 bridgehead atoms. The molecule has 1 aromatic heterocycles. The second-order valence-electron chi connectivity index (χ2n) is 6.95. The third-order valence-electron chi connectivity index (χ3n) is 5.65. The van der Waals surface area contributed by atoms with Gasteiger partial charge in [-0.25, -0.2) is 0 Å². The molecule has 2 aliphatic rings. The van der Waals surface area contributed by atoms with Crippen LogP contribution >= 0.6 is 0 Å². The highest BCUT2D eigenvalue weighted by Crippen LogP contribution is 2.38. The van der Waals surface area contributed by atoms with Crippen LogP contribution in [0, 0.1) is 12.8 Å². The molecule has 1 atom stereocenters. The standard InChI is InChI=1S/C18H29N3/c1-4-18(5-2)13-21(17(11-20-18)15-8-9-15)12-16-14(3)7-6-10-19-16/h6-7,10,15,17,20H,4-5,8-9,11-13H2,1-3H3. The Morgan fingerprint density at radius 3 is 2.71 bits per heavy atom. The summed E-state index contributed by atoms with van der Waals surface area (Å²) in [6.45, 7) is 10.1. The van der Waals surface area contributed by atoms with Gasteiger partial charge in [-0.05, 0) is 50.2 Å². The van der Waals surface area contributed by atoms with Crippen LogP contribution in [0.15, 0.2) is 18.3 Å².